The number of carbonyl (C=O) groups excluding carboxylic acids is 2. The summed E-state index contributed by atoms with van der Waals surface area (Å²) in [6, 6.07) is 16.8. The van der Waals surface area contributed by atoms with Crippen LogP contribution < -0.4 is 25.6 Å². The molecule has 2 aliphatic rings. The number of nitrogens with zero attached hydrogens (tertiary/aromatic N) is 2. The quantitative estimate of drug-likeness (QED) is 0.354. The lowest BCUT2D eigenvalue weighted by molar-refractivity contribution is 0.0983. The molecule has 2 aliphatic heterocycles. The smallest absolute Gasteiger partial charge is 0.323 e. The van der Waals surface area contributed by atoms with E-state index in [9.17, 15) is 9.59 Å². The van der Waals surface area contributed by atoms with Gasteiger partial charge in [0, 0.05) is 18.4 Å². The minimum absolute atomic E-state index is 0.00986. The fourth-order valence-electron chi connectivity index (χ4n) is 4.69. The number of amides is 3. The summed E-state index contributed by atoms with van der Waals surface area (Å²) in [6.45, 7) is 3.52. The predicted molar refractivity (Wildman–Crippen MR) is 138 cm³/mol. The standard InChI is InChI=1S/C26H23N5O3S/c1-15-13-18(34-17-5-3-2-4-6-17)7-8-20(15)31(16-9-11-27-14-16)25(32)23-22-21-19(29-26(33)30-22)10-12-28-24(21)35-23/h2-8,10,12-13,16,27H,9,11,14H2,1H3,(H2,29,30,33). The van der Waals surface area contributed by atoms with E-state index in [0.29, 0.717) is 33.4 Å². The summed E-state index contributed by atoms with van der Waals surface area (Å²) < 4.78 is 6.00. The summed E-state index contributed by atoms with van der Waals surface area (Å²) in [5, 5.41) is 9.77. The van der Waals surface area contributed by atoms with Crippen molar-refractivity contribution in [2.24, 2.45) is 0 Å². The number of thiophene rings is 1. The minimum atomic E-state index is -0.356. The van der Waals surface area contributed by atoms with Crippen LogP contribution in [0.1, 0.15) is 21.7 Å². The number of aromatic nitrogens is 1. The number of hydrogen-bond donors (Lipinski definition) is 3. The molecule has 2 aromatic heterocycles. The first-order valence-electron chi connectivity index (χ1n) is 11.5. The van der Waals surface area contributed by atoms with Crippen molar-refractivity contribution in [1.82, 2.24) is 10.3 Å². The topological polar surface area (TPSA) is 95.6 Å². The highest BCUT2D eigenvalue weighted by Crippen LogP contribution is 2.43. The van der Waals surface area contributed by atoms with Crippen LogP contribution in [-0.4, -0.2) is 36.1 Å². The molecule has 0 bridgehead atoms. The summed E-state index contributed by atoms with van der Waals surface area (Å²) in [5.74, 6) is 1.31. The van der Waals surface area contributed by atoms with E-state index in [2.05, 4.69) is 20.9 Å². The molecule has 3 amide bonds. The number of urea groups is 1. The SMILES string of the molecule is Cc1cc(Oc2ccccc2)ccc1N(C(=O)c1sc2nccc3c2c1NC(=O)N3)C1CCNC1. The molecule has 0 spiro atoms. The number of pyridine rings is 1. The van der Waals surface area contributed by atoms with Crippen molar-refractivity contribution in [2.45, 2.75) is 19.4 Å². The Morgan fingerprint density at radius 2 is 1.97 bits per heavy atom. The molecule has 2 aromatic carbocycles. The monoisotopic (exact) mass is 485 g/mol. The van der Waals surface area contributed by atoms with Crippen LogP contribution in [0.25, 0.3) is 10.2 Å². The molecule has 4 aromatic rings. The molecule has 6 rings (SSSR count). The van der Waals surface area contributed by atoms with Crippen molar-refractivity contribution in [3.63, 3.8) is 0 Å². The minimum Gasteiger partial charge on any atom is -0.457 e. The Bertz CT molecular complexity index is 1450. The number of rotatable bonds is 5. The molecule has 176 valence electrons. The van der Waals surface area contributed by atoms with Crippen molar-refractivity contribution in [1.29, 1.82) is 0 Å². The largest absolute Gasteiger partial charge is 0.457 e. The lowest BCUT2D eigenvalue weighted by atomic mass is 10.1. The summed E-state index contributed by atoms with van der Waals surface area (Å²) in [7, 11) is 0. The molecule has 3 N–H and O–H groups in total. The second-order valence-corrected chi connectivity index (χ2v) is 9.61. The highest BCUT2D eigenvalue weighted by Gasteiger charge is 2.34. The highest BCUT2D eigenvalue weighted by molar-refractivity contribution is 7.21. The molecule has 35 heavy (non-hydrogen) atoms. The zero-order chi connectivity index (χ0) is 23.9. The van der Waals surface area contributed by atoms with Gasteiger partial charge in [-0.15, -0.1) is 11.3 Å². The Morgan fingerprint density at radius 1 is 1.11 bits per heavy atom. The summed E-state index contributed by atoms with van der Waals surface area (Å²) in [4.78, 5) is 33.9. The van der Waals surface area contributed by atoms with Gasteiger partial charge in [-0.25, -0.2) is 9.78 Å². The first-order valence-corrected chi connectivity index (χ1v) is 12.3. The van der Waals surface area contributed by atoms with Crippen LogP contribution in [0.3, 0.4) is 0 Å². The van der Waals surface area contributed by atoms with Crippen molar-refractivity contribution in [2.75, 3.05) is 28.6 Å². The van der Waals surface area contributed by atoms with Crippen molar-refractivity contribution >= 4 is 50.6 Å². The number of aryl methyl sites for hydroxylation is 1. The van der Waals surface area contributed by atoms with Gasteiger partial charge in [-0.2, -0.15) is 0 Å². The van der Waals surface area contributed by atoms with Crippen LogP contribution >= 0.6 is 11.3 Å². The van der Waals surface area contributed by atoms with Crippen LogP contribution in [-0.2, 0) is 0 Å². The van der Waals surface area contributed by atoms with E-state index in [0.717, 1.165) is 35.4 Å². The normalized spacial score (nSPS) is 16.6. The van der Waals surface area contributed by atoms with E-state index in [4.69, 9.17) is 4.74 Å². The van der Waals surface area contributed by atoms with Crippen molar-refractivity contribution < 1.29 is 14.3 Å². The van der Waals surface area contributed by atoms with Gasteiger partial charge in [0.15, 0.2) is 0 Å². The Balaban J connectivity index is 1.40. The molecule has 4 heterocycles. The Hall–Kier alpha value is -3.95. The van der Waals surface area contributed by atoms with Gasteiger partial charge in [-0.1, -0.05) is 18.2 Å². The number of hydrogen-bond acceptors (Lipinski definition) is 6. The molecular weight excluding hydrogens is 462 g/mol. The van der Waals surface area contributed by atoms with Gasteiger partial charge >= 0.3 is 6.03 Å². The van der Waals surface area contributed by atoms with Gasteiger partial charge in [-0.3, -0.25) is 4.79 Å². The molecule has 1 atom stereocenters. The Kier molecular flexibility index (Phi) is 5.35. The number of benzene rings is 2. The second kappa shape index (κ2) is 8.68. The van der Waals surface area contributed by atoms with E-state index in [1.165, 1.54) is 11.3 Å². The van der Waals surface area contributed by atoms with Crippen LogP contribution in [0.2, 0.25) is 0 Å². The molecule has 8 nitrogen and oxygen atoms in total. The van der Waals surface area contributed by atoms with Gasteiger partial charge in [0.25, 0.3) is 5.91 Å². The summed E-state index contributed by atoms with van der Waals surface area (Å²) in [6.07, 6.45) is 2.48. The summed E-state index contributed by atoms with van der Waals surface area (Å²) >= 11 is 1.30. The predicted octanol–water partition coefficient (Wildman–Crippen LogP) is 5.36. The third-order valence-electron chi connectivity index (χ3n) is 6.30. The maximum absolute atomic E-state index is 14.1. The fourth-order valence-corrected chi connectivity index (χ4v) is 5.75. The molecule has 0 aliphatic carbocycles. The zero-order valence-corrected chi connectivity index (χ0v) is 19.8. The van der Waals surface area contributed by atoms with E-state index in [1.807, 2.05) is 60.4 Å². The molecule has 0 radical (unpaired) electrons. The lowest BCUT2D eigenvalue weighted by Gasteiger charge is -2.30. The zero-order valence-electron chi connectivity index (χ0n) is 19.0. The van der Waals surface area contributed by atoms with Crippen molar-refractivity contribution in [3.8, 4) is 11.5 Å². The van der Waals surface area contributed by atoms with Gasteiger partial charge in [0.1, 0.15) is 21.2 Å². The third kappa shape index (κ3) is 3.88. The number of anilines is 3. The Morgan fingerprint density at radius 3 is 2.74 bits per heavy atom. The van der Waals surface area contributed by atoms with Crippen LogP contribution in [0.4, 0.5) is 21.9 Å². The average molecular weight is 486 g/mol. The number of carbonyl (C=O) groups is 2. The van der Waals surface area contributed by atoms with E-state index in [1.54, 1.807) is 12.3 Å². The maximum atomic E-state index is 14.1. The number of para-hydroxylation sites is 1. The van der Waals surface area contributed by atoms with Crippen molar-refractivity contribution in [3.05, 3.63) is 71.2 Å². The van der Waals surface area contributed by atoms with Gasteiger partial charge in [-0.05, 0) is 61.9 Å². The van der Waals surface area contributed by atoms with E-state index < -0.39 is 0 Å². The third-order valence-corrected chi connectivity index (χ3v) is 7.38. The highest BCUT2D eigenvalue weighted by atomic mass is 32.1. The van der Waals surface area contributed by atoms with E-state index in [-0.39, 0.29) is 18.0 Å². The average Bonchev–Trinajstić information content (AvgIpc) is 3.51. The maximum Gasteiger partial charge on any atom is 0.323 e. The van der Waals surface area contributed by atoms with Gasteiger partial charge in [0.05, 0.1) is 22.8 Å². The first-order chi connectivity index (χ1) is 17.1. The second-order valence-electron chi connectivity index (χ2n) is 8.61. The number of ether oxygens (including phenoxy) is 1. The van der Waals surface area contributed by atoms with Crippen LogP contribution in [0.5, 0.6) is 11.5 Å². The van der Waals surface area contributed by atoms with Crippen LogP contribution in [0, 0.1) is 6.92 Å². The molecule has 1 unspecified atom stereocenters. The molecular formula is C26H23N5O3S. The summed E-state index contributed by atoms with van der Waals surface area (Å²) in [5.41, 5.74) is 2.94. The first kappa shape index (κ1) is 21.6. The molecule has 1 saturated heterocycles. The van der Waals surface area contributed by atoms with Gasteiger partial charge in [0.2, 0.25) is 0 Å². The van der Waals surface area contributed by atoms with E-state index >= 15 is 0 Å². The molecule has 0 saturated carbocycles. The van der Waals surface area contributed by atoms with Gasteiger partial charge < -0.3 is 25.6 Å². The Labute approximate surface area is 205 Å². The molecule has 1 fully saturated rings. The molecule has 9 heteroatoms. The fraction of sp³-hybridized carbons (Fsp3) is 0.192. The lowest BCUT2D eigenvalue weighted by Crippen LogP contribution is -2.42. The van der Waals surface area contributed by atoms with Crippen LogP contribution in [0.15, 0.2) is 60.8 Å². The number of nitrogens with one attached hydrogen (secondary N) is 3.